The summed E-state index contributed by atoms with van der Waals surface area (Å²) in [6, 6.07) is 9.81. The second-order valence-corrected chi connectivity index (χ2v) is 7.82. The van der Waals surface area contributed by atoms with Crippen LogP contribution in [0.15, 0.2) is 30.3 Å². The first-order chi connectivity index (χ1) is 14.9. The maximum Gasteiger partial charge on any atom is 0.355 e. The summed E-state index contributed by atoms with van der Waals surface area (Å²) in [6.45, 7) is 7.13. The molecular weight excluding hydrogens is 396 g/mol. The minimum absolute atomic E-state index is 0.115. The third kappa shape index (κ3) is 4.65. The number of esters is 2. The first-order valence-electron chi connectivity index (χ1n) is 10.7. The van der Waals surface area contributed by atoms with Gasteiger partial charge in [-0.2, -0.15) is 0 Å². The summed E-state index contributed by atoms with van der Waals surface area (Å²) in [5.41, 5.74) is 3.35. The number of rotatable bonds is 6. The van der Waals surface area contributed by atoms with E-state index in [1.807, 2.05) is 41.8 Å². The van der Waals surface area contributed by atoms with Crippen molar-refractivity contribution in [2.45, 2.75) is 40.2 Å². The van der Waals surface area contributed by atoms with Crippen molar-refractivity contribution in [1.82, 2.24) is 9.47 Å². The Labute approximate surface area is 182 Å². The minimum atomic E-state index is -0.428. The van der Waals surface area contributed by atoms with E-state index in [9.17, 15) is 14.4 Å². The van der Waals surface area contributed by atoms with Crippen molar-refractivity contribution in [1.29, 1.82) is 0 Å². The van der Waals surface area contributed by atoms with Crippen LogP contribution in [0, 0.1) is 19.8 Å². The normalized spacial score (nSPS) is 14.4. The number of hydrogen-bond donors (Lipinski definition) is 0. The van der Waals surface area contributed by atoms with Crippen LogP contribution in [0.25, 0.3) is 0 Å². The highest BCUT2D eigenvalue weighted by Gasteiger charge is 2.33. The molecule has 1 saturated heterocycles. The Balaban J connectivity index is 1.93. The van der Waals surface area contributed by atoms with Gasteiger partial charge in [-0.1, -0.05) is 30.3 Å². The largest absolute Gasteiger partial charge is 0.469 e. The Morgan fingerprint density at radius 2 is 1.71 bits per heavy atom. The molecule has 1 amide bonds. The van der Waals surface area contributed by atoms with Crippen LogP contribution in [-0.2, 0) is 20.8 Å². The maximum absolute atomic E-state index is 13.4. The molecule has 3 rings (SSSR count). The quantitative estimate of drug-likeness (QED) is 0.662. The standard InChI is InChI=1S/C24H30N2O5/c1-5-31-24(29)21-16(2)20(17(3)26(21)15-18-9-7-6-8-10-18)22(27)25-13-11-19(12-14-25)23(28)30-4/h6-10,19H,5,11-15H2,1-4H3. The number of aromatic nitrogens is 1. The lowest BCUT2D eigenvalue weighted by Crippen LogP contribution is -2.40. The summed E-state index contributed by atoms with van der Waals surface area (Å²) >= 11 is 0. The van der Waals surface area contributed by atoms with E-state index in [4.69, 9.17) is 9.47 Å². The van der Waals surface area contributed by atoms with Gasteiger partial charge in [-0.15, -0.1) is 0 Å². The van der Waals surface area contributed by atoms with Gasteiger partial charge in [0, 0.05) is 25.3 Å². The fraction of sp³-hybridized carbons (Fsp3) is 0.458. The monoisotopic (exact) mass is 426 g/mol. The van der Waals surface area contributed by atoms with Crippen molar-refractivity contribution >= 4 is 17.8 Å². The van der Waals surface area contributed by atoms with Crippen LogP contribution in [0.4, 0.5) is 0 Å². The third-order valence-corrected chi connectivity index (χ3v) is 5.95. The van der Waals surface area contributed by atoms with Gasteiger partial charge in [0.2, 0.25) is 0 Å². The summed E-state index contributed by atoms with van der Waals surface area (Å²) in [5.74, 6) is -0.940. The number of hydrogen-bond acceptors (Lipinski definition) is 5. The molecular formula is C24H30N2O5. The van der Waals surface area contributed by atoms with E-state index in [0.717, 1.165) is 11.3 Å². The molecule has 2 aromatic rings. The van der Waals surface area contributed by atoms with Crippen LogP contribution in [0.2, 0.25) is 0 Å². The zero-order valence-electron chi connectivity index (χ0n) is 18.6. The number of nitrogens with zero attached hydrogens (tertiary/aromatic N) is 2. The van der Waals surface area contributed by atoms with Gasteiger partial charge < -0.3 is 18.9 Å². The van der Waals surface area contributed by atoms with Gasteiger partial charge in [-0.25, -0.2) is 4.79 Å². The van der Waals surface area contributed by atoms with Crippen molar-refractivity contribution in [2.24, 2.45) is 5.92 Å². The summed E-state index contributed by atoms with van der Waals surface area (Å²) < 4.78 is 12.0. The molecule has 166 valence electrons. The Bertz CT molecular complexity index is 956. The number of piperidine rings is 1. The van der Waals surface area contributed by atoms with Gasteiger partial charge >= 0.3 is 11.9 Å². The number of carbonyl (C=O) groups is 3. The smallest absolute Gasteiger partial charge is 0.355 e. The lowest BCUT2D eigenvalue weighted by Gasteiger charge is -2.31. The van der Waals surface area contributed by atoms with E-state index in [1.165, 1.54) is 7.11 Å². The van der Waals surface area contributed by atoms with Crippen LogP contribution in [0.1, 0.15) is 57.4 Å². The predicted octanol–water partition coefficient (Wildman–Crippen LogP) is 3.36. The SMILES string of the molecule is CCOC(=O)c1c(C)c(C(=O)N2CCC(C(=O)OC)CC2)c(C)n1Cc1ccccc1. The number of likely N-dealkylation sites (tertiary alicyclic amines) is 1. The predicted molar refractivity (Wildman–Crippen MR) is 116 cm³/mol. The van der Waals surface area contributed by atoms with Crippen molar-refractivity contribution in [2.75, 3.05) is 26.8 Å². The average molecular weight is 427 g/mol. The molecule has 7 nitrogen and oxygen atoms in total. The van der Waals surface area contributed by atoms with Gasteiger partial charge in [-0.3, -0.25) is 9.59 Å². The van der Waals surface area contributed by atoms with Crippen LogP contribution in [-0.4, -0.2) is 54.1 Å². The number of amides is 1. The lowest BCUT2D eigenvalue weighted by molar-refractivity contribution is -0.146. The molecule has 0 spiro atoms. The van der Waals surface area contributed by atoms with Gasteiger partial charge in [0.1, 0.15) is 5.69 Å². The Morgan fingerprint density at radius 3 is 2.29 bits per heavy atom. The molecule has 2 heterocycles. The highest BCUT2D eigenvalue weighted by atomic mass is 16.5. The maximum atomic E-state index is 13.4. The van der Waals surface area contributed by atoms with Gasteiger partial charge in [-0.05, 0) is 44.7 Å². The molecule has 0 N–H and O–H groups in total. The Morgan fingerprint density at radius 1 is 1.06 bits per heavy atom. The minimum Gasteiger partial charge on any atom is -0.469 e. The van der Waals surface area contributed by atoms with Crippen LogP contribution >= 0.6 is 0 Å². The van der Waals surface area contributed by atoms with Crippen molar-refractivity contribution in [3.8, 4) is 0 Å². The number of methoxy groups -OCH3 is 1. The molecule has 0 atom stereocenters. The molecule has 1 aromatic heterocycles. The first kappa shape index (κ1) is 22.6. The molecule has 0 saturated carbocycles. The zero-order valence-corrected chi connectivity index (χ0v) is 18.6. The molecule has 1 aliphatic heterocycles. The van der Waals surface area contributed by atoms with Gasteiger partial charge in [0.25, 0.3) is 5.91 Å². The topological polar surface area (TPSA) is 77.8 Å². The second-order valence-electron chi connectivity index (χ2n) is 7.82. The molecule has 0 unspecified atom stereocenters. The van der Waals surface area contributed by atoms with Gasteiger partial charge in [0.05, 0.1) is 25.2 Å². The van der Waals surface area contributed by atoms with Crippen molar-refractivity contribution < 1.29 is 23.9 Å². The van der Waals surface area contributed by atoms with Gasteiger partial charge in [0.15, 0.2) is 0 Å². The average Bonchev–Trinajstić information content (AvgIpc) is 3.03. The molecule has 7 heteroatoms. The molecule has 0 radical (unpaired) electrons. The van der Waals surface area contributed by atoms with Crippen molar-refractivity contribution in [3.05, 3.63) is 58.4 Å². The van der Waals surface area contributed by atoms with Crippen LogP contribution < -0.4 is 0 Å². The highest BCUT2D eigenvalue weighted by Crippen LogP contribution is 2.28. The lowest BCUT2D eigenvalue weighted by atomic mass is 9.96. The molecule has 0 aliphatic carbocycles. The molecule has 1 fully saturated rings. The van der Waals surface area contributed by atoms with E-state index in [2.05, 4.69) is 0 Å². The molecule has 1 aromatic carbocycles. The third-order valence-electron chi connectivity index (χ3n) is 5.95. The fourth-order valence-corrected chi connectivity index (χ4v) is 4.28. The molecule has 31 heavy (non-hydrogen) atoms. The first-order valence-corrected chi connectivity index (χ1v) is 10.7. The fourth-order valence-electron chi connectivity index (χ4n) is 4.28. The highest BCUT2D eigenvalue weighted by molar-refractivity contribution is 6.01. The summed E-state index contributed by atoms with van der Waals surface area (Å²) in [5, 5.41) is 0. The summed E-state index contributed by atoms with van der Waals surface area (Å²) in [4.78, 5) is 39.8. The van der Waals surface area contributed by atoms with E-state index in [1.54, 1.807) is 18.7 Å². The Hall–Kier alpha value is -3.09. The molecule has 1 aliphatic rings. The number of carbonyl (C=O) groups excluding carboxylic acids is 3. The van der Waals surface area contributed by atoms with Crippen molar-refractivity contribution in [3.63, 3.8) is 0 Å². The molecule has 0 bridgehead atoms. The van der Waals surface area contributed by atoms with E-state index in [-0.39, 0.29) is 24.4 Å². The number of ether oxygens (including phenoxy) is 2. The Kier molecular flexibility index (Phi) is 7.15. The van der Waals surface area contributed by atoms with Crippen LogP contribution in [0.5, 0.6) is 0 Å². The summed E-state index contributed by atoms with van der Waals surface area (Å²) in [6.07, 6.45) is 1.15. The summed E-state index contributed by atoms with van der Waals surface area (Å²) in [7, 11) is 1.39. The van der Waals surface area contributed by atoms with Crippen LogP contribution in [0.3, 0.4) is 0 Å². The number of benzene rings is 1. The van der Waals surface area contributed by atoms with E-state index >= 15 is 0 Å². The second kappa shape index (κ2) is 9.81. The zero-order chi connectivity index (χ0) is 22.5. The van der Waals surface area contributed by atoms with E-state index < -0.39 is 5.97 Å². The van der Waals surface area contributed by atoms with E-state index in [0.29, 0.717) is 49.3 Å².